The van der Waals surface area contributed by atoms with Crippen molar-refractivity contribution >= 4 is 11.6 Å². The van der Waals surface area contributed by atoms with Crippen molar-refractivity contribution in [3.05, 3.63) is 29.8 Å². The standard InChI is InChI=1S/C14H14N2O2/c1-2-8-18-9-4-7-14(17)16-13-6-3-5-12(10-13)11-15/h1,3,5-6,10H,4,7-9H2,(H,16,17). The molecule has 4 nitrogen and oxygen atoms in total. The highest BCUT2D eigenvalue weighted by atomic mass is 16.5. The summed E-state index contributed by atoms with van der Waals surface area (Å²) in [4.78, 5) is 11.6. The van der Waals surface area contributed by atoms with E-state index < -0.39 is 0 Å². The maximum absolute atomic E-state index is 11.6. The summed E-state index contributed by atoms with van der Waals surface area (Å²) in [6.07, 6.45) is 6.00. The number of hydrogen-bond acceptors (Lipinski definition) is 3. The van der Waals surface area contributed by atoms with Crippen LogP contribution in [-0.4, -0.2) is 19.1 Å². The predicted molar refractivity (Wildman–Crippen MR) is 68.7 cm³/mol. The third-order valence-electron chi connectivity index (χ3n) is 2.15. The summed E-state index contributed by atoms with van der Waals surface area (Å²) in [6, 6.07) is 8.80. The van der Waals surface area contributed by atoms with Crippen LogP contribution >= 0.6 is 0 Å². The van der Waals surface area contributed by atoms with E-state index in [1.54, 1.807) is 24.3 Å². The Kier molecular flexibility index (Phi) is 6.03. The van der Waals surface area contributed by atoms with Crippen molar-refractivity contribution in [3.8, 4) is 18.4 Å². The maximum atomic E-state index is 11.6. The van der Waals surface area contributed by atoms with Gasteiger partial charge >= 0.3 is 0 Å². The Morgan fingerprint density at radius 1 is 1.50 bits per heavy atom. The van der Waals surface area contributed by atoms with Crippen LogP contribution in [0.15, 0.2) is 24.3 Å². The normalized spacial score (nSPS) is 9.22. The summed E-state index contributed by atoms with van der Waals surface area (Å²) >= 11 is 0. The molecule has 1 amide bonds. The summed E-state index contributed by atoms with van der Waals surface area (Å²) in [5, 5.41) is 11.4. The number of anilines is 1. The second kappa shape index (κ2) is 7.89. The van der Waals surface area contributed by atoms with Crippen LogP contribution in [0.2, 0.25) is 0 Å². The van der Waals surface area contributed by atoms with Crippen LogP contribution in [0.5, 0.6) is 0 Å². The number of ether oxygens (including phenoxy) is 1. The molecule has 0 saturated carbocycles. The number of amides is 1. The Labute approximate surface area is 107 Å². The summed E-state index contributed by atoms with van der Waals surface area (Å²) in [7, 11) is 0. The van der Waals surface area contributed by atoms with Gasteiger partial charge in [-0.15, -0.1) is 6.42 Å². The largest absolute Gasteiger partial charge is 0.369 e. The summed E-state index contributed by atoms with van der Waals surface area (Å²) in [5.41, 5.74) is 1.15. The molecule has 0 atom stereocenters. The molecular weight excluding hydrogens is 228 g/mol. The first kappa shape index (κ1) is 13.8. The van der Waals surface area contributed by atoms with E-state index in [4.69, 9.17) is 16.4 Å². The molecule has 0 aliphatic rings. The lowest BCUT2D eigenvalue weighted by molar-refractivity contribution is -0.116. The average Bonchev–Trinajstić information content (AvgIpc) is 2.38. The maximum Gasteiger partial charge on any atom is 0.224 e. The minimum atomic E-state index is -0.102. The van der Waals surface area contributed by atoms with Gasteiger partial charge in [0.05, 0.1) is 11.6 Å². The first-order chi connectivity index (χ1) is 8.76. The van der Waals surface area contributed by atoms with E-state index >= 15 is 0 Å². The average molecular weight is 242 g/mol. The number of rotatable bonds is 6. The number of nitriles is 1. The fourth-order valence-corrected chi connectivity index (χ4v) is 1.36. The van der Waals surface area contributed by atoms with Crippen molar-refractivity contribution in [1.29, 1.82) is 5.26 Å². The zero-order chi connectivity index (χ0) is 13.2. The first-order valence-corrected chi connectivity index (χ1v) is 5.57. The molecule has 0 radical (unpaired) electrons. The van der Waals surface area contributed by atoms with E-state index in [1.807, 2.05) is 6.07 Å². The van der Waals surface area contributed by atoms with Gasteiger partial charge in [-0.3, -0.25) is 4.79 Å². The topological polar surface area (TPSA) is 62.1 Å². The molecule has 0 saturated heterocycles. The monoisotopic (exact) mass is 242 g/mol. The number of nitrogens with one attached hydrogen (secondary N) is 1. The van der Waals surface area contributed by atoms with Crippen LogP contribution < -0.4 is 5.32 Å². The number of terminal acetylenes is 1. The Bertz CT molecular complexity index is 483. The van der Waals surface area contributed by atoms with Crippen molar-refractivity contribution < 1.29 is 9.53 Å². The first-order valence-electron chi connectivity index (χ1n) is 5.57. The smallest absolute Gasteiger partial charge is 0.224 e. The third-order valence-corrected chi connectivity index (χ3v) is 2.15. The highest BCUT2D eigenvalue weighted by molar-refractivity contribution is 5.90. The molecule has 1 rings (SSSR count). The second-order valence-corrected chi connectivity index (χ2v) is 3.60. The van der Waals surface area contributed by atoms with Gasteiger partial charge < -0.3 is 10.1 Å². The van der Waals surface area contributed by atoms with Gasteiger partial charge in [-0.2, -0.15) is 5.26 Å². The molecule has 0 aromatic heterocycles. The molecule has 0 heterocycles. The SMILES string of the molecule is C#CCOCCCC(=O)Nc1cccc(C#N)c1. The molecule has 1 aromatic carbocycles. The van der Waals surface area contributed by atoms with Crippen LogP contribution in [0.25, 0.3) is 0 Å². The molecule has 0 aliphatic carbocycles. The van der Waals surface area contributed by atoms with Gasteiger partial charge in [0, 0.05) is 18.7 Å². The van der Waals surface area contributed by atoms with Crippen molar-refractivity contribution in [2.45, 2.75) is 12.8 Å². The number of nitrogens with zero attached hydrogens (tertiary/aromatic N) is 1. The Balaban J connectivity index is 2.32. The van der Waals surface area contributed by atoms with Crippen LogP contribution in [0.4, 0.5) is 5.69 Å². The van der Waals surface area contributed by atoms with E-state index in [1.165, 1.54) is 0 Å². The lowest BCUT2D eigenvalue weighted by Crippen LogP contribution is -2.12. The van der Waals surface area contributed by atoms with E-state index in [-0.39, 0.29) is 12.5 Å². The molecular formula is C14H14N2O2. The van der Waals surface area contributed by atoms with E-state index in [0.29, 0.717) is 30.7 Å². The highest BCUT2D eigenvalue weighted by Gasteiger charge is 2.02. The fraction of sp³-hybridized carbons (Fsp3) is 0.286. The van der Waals surface area contributed by atoms with Gasteiger partial charge in [-0.25, -0.2) is 0 Å². The minimum absolute atomic E-state index is 0.102. The second-order valence-electron chi connectivity index (χ2n) is 3.60. The Morgan fingerprint density at radius 2 is 2.33 bits per heavy atom. The molecule has 4 heteroatoms. The van der Waals surface area contributed by atoms with Crippen molar-refractivity contribution in [2.24, 2.45) is 0 Å². The molecule has 1 N–H and O–H groups in total. The Hall–Kier alpha value is -2.30. The zero-order valence-corrected chi connectivity index (χ0v) is 9.98. The molecule has 0 spiro atoms. The Morgan fingerprint density at radius 3 is 3.06 bits per heavy atom. The number of benzene rings is 1. The summed E-state index contributed by atoms with van der Waals surface area (Å²) in [5.74, 6) is 2.25. The summed E-state index contributed by atoms with van der Waals surface area (Å²) < 4.78 is 5.06. The number of carbonyl (C=O) groups is 1. The van der Waals surface area contributed by atoms with Crippen LogP contribution in [-0.2, 0) is 9.53 Å². The zero-order valence-electron chi connectivity index (χ0n) is 9.98. The van der Waals surface area contributed by atoms with E-state index in [0.717, 1.165) is 0 Å². The molecule has 92 valence electrons. The van der Waals surface area contributed by atoms with Gasteiger partial charge in [0.2, 0.25) is 5.91 Å². The minimum Gasteiger partial charge on any atom is -0.369 e. The van der Waals surface area contributed by atoms with E-state index in [2.05, 4.69) is 11.2 Å². The van der Waals surface area contributed by atoms with Crippen LogP contribution in [0, 0.1) is 23.7 Å². The number of hydrogen-bond donors (Lipinski definition) is 1. The molecule has 0 fully saturated rings. The molecule has 18 heavy (non-hydrogen) atoms. The van der Waals surface area contributed by atoms with Gasteiger partial charge in [0.15, 0.2) is 0 Å². The van der Waals surface area contributed by atoms with E-state index in [9.17, 15) is 4.79 Å². The van der Waals surface area contributed by atoms with Crippen LogP contribution in [0.3, 0.4) is 0 Å². The van der Waals surface area contributed by atoms with Gasteiger partial charge in [0.1, 0.15) is 6.61 Å². The lowest BCUT2D eigenvalue weighted by Gasteiger charge is -2.05. The molecule has 1 aromatic rings. The molecule has 0 bridgehead atoms. The van der Waals surface area contributed by atoms with Gasteiger partial charge in [-0.05, 0) is 24.6 Å². The van der Waals surface area contributed by atoms with Gasteiger partial charge in [0.25, 0.3) is 0 Å². The predicted octanol–water partition coefficient (Wildman–Crippen LogP) is 1.93. The molecule has 0 unspecified atom stereocenters. The summed E-state index contributed by atoms with van der Waals surface area (Å²) in [6.45, 7) is 0.738. The fourth-order valence-electron chi connectivity index (χ4n) is 1.36. The third kappa shape index (κ3) is 5.16. The lowest BCUT2D eigenvalue weighted by atomic mass is 10.2. The van der Waals surface area contributed by atoms with Gasteiger partial charge in [-0.1, -0.05) is 12.0 Å². The number of carbonyl (C=O) groups excluding carboxylic acids is 1. The molecule has 0 aliphatic heterocycles. The van der Waals surface area contributed by atoms with Crippen molar-refractivity contribution in [2.75, 3.05) is 18.5 Å². The quantitative estimate of drug-likeness (QED) is 0.612. The van der Waals surface area contributed by atoms with Crippen molar-refractivity contribution in [3.63, 3.8) is 0 Å². The van der Waals surface area contributed by atoms with Crippen molar-refractivity contribution in [1.82, 2.24) is 0 Å². The highest BCUT2D eigenvalue weighted by Crippen LogP contribution is 2.10. The van der Waals surface area contributed by atoms with Crippen LogP contribution in [0.1, 0.15) is 18.4 Å².